The minimum Gasteiger partial charge on any atom is -0.383 e. The first-order valence-electron chi connectivity index (χ1n) is 12.8. The molecule has 0 radical (unpaired) electrons. The highest BCUT2D eigenvalue weighted by atomic mass is 16.5. The summed E-state index contributed by atoms with van der Waals surface area (Å²) >= 11 is 0. The molecule has 0 bridgehead atoms. The number of rotatable bonds is 9. The van der Waals surface area contributed by atoms with Gasteiger partial charge in [0.05, 0.1) is 24.1 Å². The lowest BCUT2D eigenvalue weighted by Gasteiger charge is -2.16. The molecule has 10 nitrogen and oxygen atoms in total. The van der Waals surface area contributed by atoms with Crippen molar-refractivity contribution in [1.82, 2.24) is 13.7 Å². The van der Waals surface area contributed by atoms with Gasteiger partial charge in [-0.3, -0.25) is 18.7 Å². The lowest BCUT2D eigenvalue weighted by molar-refractivity contribution is 0.101. The number of urea groups is 1. The summed E-state index contributed by atoms with van der Waals surface area (Å²) in [4.78, 5) is 51.1. The Morgan fingerprint density at radius 2 is 1.57 bits per heavy atom. The number of hydrogen-bond acceptors (Lipinski definition) is 5. The second-order valence-corrected chi connectivity index (χ2v) is 9.40. The molecule has 0 saturated heterocycles. The van der Waals surface area contributed by atoms with E-state index in [1.807, 2.05) is 36.5 Å². The Labute approximate surface area is 229 Å². The highest BCUT2D eigenvalue weighted by Crippen LogP contribution is 2.19. The summed E-state index contributed by atoms with van der Waals surface area (Å²) in [6.45, 7) is 2.60. The minimum absolute atomic E-state index is 0.0984. The zero-order valence-corrected chi connectivity index (χ0v) is 22.2. The molecule has 3 aromatic carbocycles. The fourth-order valence-corrected chi connectivity index (χ4v) is 4.75. The topological polar surface area (TPSA) is 116 Å². The van der Waals surface area contributed by atoms with Gasteiger partial charge in [0.1, 0.15) is 0 Å². The maximum atomic E-state index is 13.4. The first-order valence-corrected chi connectivity index (χ1v) is 12.8. The number of amides is 2. The van der Waals surface area contributed by atoms with Gasteiger partial charge in [-0.1, -0.05) is 30.3 Å². The Hall–Kier alpha value is -4.96. The number of methoxy groups -OCH3 is 1. The van der Waals surface area contributed by atoms with Gasteiger partial charge in [0.15, 0.2) is 5.78 Å². The van der Waals surface area contributed by atoms with Gasteiger partial charge in [-0.15, -0.1) is 0 Å². The van der Waals surface area contributed by atoms with Gasteiger partial charge >= 0.3 is 11.7 Å². The number of nitrogens with one attached hydrogen (secondary N) is 2. The third-order valence-corrected chi connectivity index (χ3v) is 6.77. The second-order valence-electron chi connectivity index (χ2n) is 9.40. The number of benzene rings is 3. The molecular weight excluding hydrogens is 510 g/mol. The largest absolute Gasteiger partial charge is 0.383 e. The molecule has 0 fully saturated rings. The zero-order valence-electron chi connectivity index (χ0n) is 22.2. The Kier molecular flexibility index (Phi) is 7.61. The van der Waals surface area contributed by atoms with Crippen LogP contribution in [0.1, 0.15) is 17.3 Å². The van der Waals surface area contributed by atoms with Crippen LogP contribution in [-0.4, -0.2) is 39.2 Å². The number of nitrogens with zero attached hydrogens (tertiary/aromatic N) is 3. The predicted octanol–water partition coefficient (Wildman–Crippen LogP) is 4.31. The molecule has 40 heavy (non-hydrogen) atoms. The standard InChI is InChI=1S/C30H29N5O5/c1-20(36)22-7-5-8-23(18-22)31-29(38)32-24-10-11-27-25(19-24)28(37)35(16-17-40-2)30(39)34(27)15-14-33-13-12-21-6-3-4-9-26(21)33/h3-13,18-19H,14-17H2,1-2H3,(H2,31,32,38). The highest BCUT2D eigenvalue weighted by Gasteiger charge is 2.15. The van der Waals surface area contributed by atoms with Crippen molar-refractivity contribution in [3.05, 3.63) is 105 Å². The van der Waals surface area contributed by atoms with Crippen LogP contribution in [-0.2, 0) is 24.4 Å². The first-order chi connectivity index (χ1) is 19.4. The number of ketones is 1. The number of aromatic nitrogens is 3. The zero-order chi connectivity index (χ0) is 28.2. The third kappa shape index (κ3) is 5.43. The summed E-state index contributed by atoms with van der Waals surface area (Å²) in [5.41, 5.74) is 1.96. The fraction of sp³-hybridized carbons (Fsp3) is 0.200. The van der Waals surface area contributed by atoms with Crippen molar-refractivity contribution in [3.8, 4) is 0 Å². The summed E-state index contributed by atoms with van der Waals surface area (Å²) in [5.74, 6) is -0.112. The number of anilines is 2. The van der Waals surface area contributed by atoms with Crippen molar-refractivity contribution in [2.45, 2.75) is 26.6 Å². The quantitative estimate of drug-likeness (QED) is 0.271. The average Bonchev–Trinajstić information content (AvgIpc) is 3.36. The molecule has 2 heterocycles. The smallest absolute Gasteiger partial charge is 0.331 e. The monoisotopic (exact) mass is 539 g/mol. The Morgan fingerprint density at radius 1 is 0.800 bits per heavy atom. The van der Waals surface area contributed by atoms with Gasteiger partial charge in [0.2, 0.25) is 0 Å². The van der Waals surface area contributed by atoms with E-state index in [4.69, 9.17) is 4.74 Å². The molecular formula is C30H29N5O5. The van der Waals surface area contributed by atoms with Gasteiger partial charge in [0.25, 0.3) is 5.56 Å². The summed E-state index contributed by atoms with van der Waals surface area (Å²) in [7, 11) is 1.51. The lowest BCUT2D eigenvalue weighted by Crippen LogP contribution is -2.41. The number of ether oxygens (including phenoxy) is 1. The van der Waals surface area contributed by atoms with Gasteiger partial charge < -0.3 is 19.9 Å². The fourth-order valence-electron chi connectivity index (χ4n) is 4.75. The van der Waals surface area contributed by atoms with Crippen molar-refractivity contribution in [3.63, 3.8) is 0 Å². The third-order valence-electron chi connectivity index (χ3n) is 6.77. The molecule has 204 valence electrons. The van der Waals surface area contributed by atoms with Crippen LogP contribution in [0.15, 0.2) is 88.6 Å². The normalized spacial score (nSPS) is 11.2. The van der Waals surface area contributed by atoms with Crippen molar-refractivity contribution < 1.29 is 14.3 Å². The van der Waals surface area contributed by atoms with Crippen LogP contribution in [0.3, 0.4) is 0 Å². The van der Waals surface area contributed by atoms with Crippen molar-refractivity contribution in [2.24, 2.45) is 0 Å². The van der Waals surface area contributed by atoms with E-state index in [2.05, 4.69) is 15.2 Å². The molecule has 5 rings (SSSR count). The first kappa shape index (κ1) is 26.6. The van der Waals surface area contributed by atoms with E-state index in [0.717, 1.165) is 15.5 Å². The molecule has 0 aliphatic heterocycles. The molecule has 2 amide bonds. The molecule has 5 aromatic rings. The summed E-state index contributed by atoms with van der Waals surface area (Å²) in [6.07, 6.45) is 1.98. The second kappa shape index (κ2) is 11.4. The number of carbonyl (C=O) groups excluding carboxylic acids is 2. The number of aryl methyl sites for hydroxylation is 2. The van der Waals surface area contributed by atoms with E-state index in [0.29, 0.717) is 40.9 Å². The average molecular weight is 540 g/mol. The Morgan fingerprint density at radius 3 is 2.35 bits per heavy atom. The molecule has 0 atom stereocenters. The maximum absolute atomic E-state index is 13.4. The van der Waals surface area contributed by atoms with Crippen LogP contribution < -0.4 is 21.9 Å². The molecule has 0 saturated carbocycles. The molecule has 0 spiro atoms. The Balaban J connectivity index is 1.46. The van der Waals surface area contributed by atoms with Gasteiger partial charge in [-0.25, -0.2) is 9.59 Å². The van der Waals surface area contributed by atoms with Gasteiger partial charge in [-0.2, -0.15) is 0 Å². The highest BCUT2D eigenvalue weighted by molar-refractivity contribution is 6.02. The van der Waals surface area contributed by atoms with E-state index in [1.54, 1.807) is 47.0 Å². The molecule has 0 aliphatic rings. The van der Waals surface area contributed by atoms with E-state index in [1.165, 1.54) is 14.0 Å². The van der Waals surface area contributed by atoms with Crippen LogP contribution in [0.2, 0.25) is 0 Å². The summed E-state index contributed by atoms with van der Waals surface area (Å²) in [5, 5.41) is 6.83. The SMILES string of the molecule is COCCn1c(=O)c2cc(NC(=O)Nc3cccc(C(C)=O)c3)ccc2n(CCn2ccc3ccccc32)c1=O. The molecule has 0 unspecified atom stereocenters. The number of carbonyl (C=O) groups is 2. The van der Waals surface area contributed by atoms with Gasteiger partial charge in [-0.05, 0) is 54.8 Å². The van der Waals surface area contributed by atoms with Gasteiger partial charge in [0, 0.05) is 48.9 Å². The summed E-state index contributed by atoms with van der Waals surface area (Å²) < 4.78 is 9.95. The summed E-state index contributed by atoms with van der Waals surface area (Å²) in [6, 6.07) is 21.0. The van der Waals surface area contributed by atoms with E-state index in [-0.39, 0.29) is 18.9 Å². The van der Waals surface area contributed by atoms with Crippen LogP contribution >= 0.6 is 0 Å². The van der Waals surface area contributed by atoms with Crippen molar-refractivity contribution in [1.29, 1.82) is 0 Å². The minimum atomic E-state index is -0.535. The molecule has 2 aromatic heterocycles. The van der Waals surface area contributed by atoms with Crippen LogP contribution in [0, 0.1) is 0 Å². The maximum Gasteiger partial charge on any atom is 0.331 e. The van der Waals surface area contributed by atoms with E-state index in [9.17, 15) is 19.2 Å². The number of hydrogen-bond donors (Lipinski definition) is 2. The van der Waals surface area contributed by atoms with Crippen molar-refractivity contribution >= 4 is 45.0 Å². The molecule has 10 heteroatoms. The Bertz CT molecular complexity index is 1850. The van der Waals surface area contributed by atoms with Crippen LogP contribution in [0.5, 0.6) is 0 Å². The van der Waals surface area contributed by atoms with Crippen LogP contribution in [0.4, 0.5) is 16.2 Å². The van der Waals surface area contributed by atoms with Crippen molar-refractivity contribution in [2.75, 3.05) is 24.4 Å². The van der Waals surface area contributed by atoms with Crippen LogP contribution in [0.25, 0.3) is 21.8 Å². The predicted molar refractivity (Wildman–Crippen MR) is 155 cm³/mol. The molecule has 2 N–H and O–H groups in total. The van der Waals surface area contributed by atoms with E-state index >= 15 is 0 Å². The van der Waals surface area contributed by atoms with E-state index < -0.39 is 17.3 Å². The lowest BCUT2D eigenvalue weighted by atomic mass is 10.1. The number of fused-ring (bicyclic) bond motifs is 2. The molecule has 0 aliphatic carbocycles. The number of Topliss-reactive ketones (excluding diaryl/α,β-unsaturated/α-hetero) is 1. The number of para-hydroxylation sites is 1.